The van der Waals surface area contributed by atoms with Crippen LogP contribution in [0.15, 0.2) is 77.7 Å². The third kappa shape index (κ3) is 3.25. The second kappa shape index (κ2) is 6.91. The first kappa shape index (κ1) is 17.2. The molecule has 29 heavy (non-hydrogen) atoms. The van der Waals surface area contributed by atoms with Crippen molar-refractivity contribution in [3.05, 3.63) is 90.1 Å². The van der Waals surface area contributed by atoms with Crippen LogP contribution in [0.3, 0.4) is 0 Å². The van der Waals surface area contributed by atoms with Crippen molar-refractivity contribution in [3.63, 3.8) is 0 Å². The third-order valence-electron chi connectivity index (χ3n) is 4.71. The quantitative estimate of drug-likeness (QED) is 0.417. The van der Waals surface area contributed by atoms with Gasteiger partial charge in [0.2, 0.25) is 0 Å². The Labute approximate surface area is 166 Å². The molecule has 142 valence electrons. The first-order chi connectivity index (χ1) is 14.2. The minimum Gasteiger partial charge on any atom is -0.463 e. The topological polar surface area (TPSA) is 69.6 Å². The Bertz CT molecular complexity index is 1340. The van der Waals surface area contributed by atoms with Gasteiger partial charge >= 0.3 is 5.97 Å². The van der Waals surface area contributed by atoms with E-state index in [1.807, 2.05) is 66.2 Å². The summed E-state index contributed by atoms with van der Waals surface area (Å²) in [6, 6.07) is 16.7. The van der Waals surface area contributed by atoms with Crippen LogP contribution in [0.5, 0.6) is 0 Å². The number of ether oxygens (including phenoxy) is 1. The van der Waals surface area contributed by atoms with Gasteiger partial charge in [0.25, 0.3) is 0 Å². The maximum atomic E-state index is 12.9. The van der Waals surface area contributed by atoms with Gasteiger partial charge in [0, 0.05) is 17.8 Å². The zero-order chi connectivity index (χ0) is 19.8. The lowest BCUT2D eigenvalue weighted by Gasteiger charge is -2.08. The summed E-state index contributed by atoms with van der Waals surface area (Å²) in [5, 5.41) is 0.735. The second-order valence-corrected chi connectivity index (χ2v) is 6.83. The smallest absolute Gasteiger partial charge is 0.339 e. The summed E-state index contributed by atoms with van der Waals surface area (Å²) in [7, 11) is 0. The standard InChI is InChI=1S/C23H17N3O3/c1-15-8-9-22-24-16(13-26(22)12-15)14-29-23(27)18-11-20(21-7-4-10-28-21)25-19-6-3-2-5-17(18)19/h2-13H,14H2,1H3. The van der Waals surface area contributed by atoms with Crippen LogP contribution in [0.2, 0.25) is 0 Å². The van der Waals surface area contributed by atoms with Crippen molar-refractivity contribution in [3.8, 4) is 11.5 Å². The Hall–Kier alpha value is -3.93. The maximum Gasteiger partial charge on any atom is 0.339 e. The minimum absolute atomic E-state index is 0.0896. The number of pyridine rings is 2. The molecule has 0 unspecified atom stereocenters. The molecular formula is C23H17N3O3. The second-order valence-electron chi connectivity index (χ2n) is 6.83. The van der Waals surface area contributed by atoms with Crippen LogP contribution in [0.4, 0.5) is 0 Å². The summed E-state index contributed by atoms with van der Waals surface area (Å²) in [4.78, 5) is 22.0. The summed E-state index contributed by atoms with van der Waals surface area (Å²) in [5.41, 5.74) is 4.37. The lowest BCUT2D eigenvalue weighted by molar-refractivity contribution is 0.0470. The van der Waals surface area contributed by atoms with Gasteiger partial charge in [-0.3, -0.25) is 0 Å². The largest absolute Gasteiger partial charge is 0.463 e. The van der Waals surface area contributed by atoms with Crippen molar-refractivity contribution in [1.29, 1.82) is 0 Å². The van der Waals surface area contributed by atoms with Gasteiger partial charge in [0.15, 0.2) is 5.76 Å². The Morgan fingerprint density at radius 2 is 1.97 bits per heavy atom. The number of furan rings is 1. The molecule has 6 nitrogen and oxygen atoms in total. The number of esters is 1. The molecule has 0 atom stereocenters. The van der Waals surface area contributed by atoms with Crippen LogP contribution >= 0.6 is 0 Å². The van der Waals surface area contributed by atoms with Gasteiger partial charge in [-0.2, -0.15) is 0 Å². The molecule has 0 saturated heterocycles. The Balaban J connectivity index is 1.46. The molecule has 5 rings (SSSR count). The average Bonchev–Trinajstić information content (AvgIpc) is 3.40. The lowest BCUT2D eigenvalue weighted by atomic mass is 10.1. The highest BCUT2D eigenvalue weighted by molar-refractivity contribution is 6.04. The molecule has 0 spiro atoms. The van der Waals surface area contributed by atoms with Crippen molar-refractivity contribution in [2.45, 2.75) is 13.5 Å². The molecule has 0 aliphatic carbocycles. The van der Waals surface area contributed by atoms with Crippen LogP contribution in [0.1, 0.15) is 21.6 Å². The van der Waals surface area contributed by atoms with E-state index in [9.17, 15) is 4.79 Å². The fraction of sp³-hybridized carbons (Fsp3) is 0.0870. The Kier molecular flexibility index (Phi) is 4.09. The van der Waals surface area contributed by atoms with Crippen molar-refractivity contribution in [1.82, 2.24) is 14.4 Å². The van der Waals surface area contributed by atoms with E-state index < -0.39 is 5.97 Å². The fourth-order valence-corrected chi connectivity index (χ4v) is 3.34. The molecule has 6 heteroatoms. The molecule has 5 aromatic rings. The number of fused-ring (bicyclic) bond motifs is 2. The van der Waals surface area contributed by atoms with Crippen LogP contribution in [0.25, 0.3) is 28.0 Å². The molecule has 0 radical (unpaired) electrons. The minimum atomic E-state index is -0.426. The molecule has 4 heterocycles. The van der Waals surface area contributed by atoms with Gasteiger partial charge in [-0.1, -0.05) is 24.3 Å². The predicted octanol–water partition coefficient (Wildman–Crippen LogP) is 4.81. The molecule has 1 aromatic carbocycles. The van der Waals surface area contributed by atoms with E-state index in [0.717, 1.165) is 16.6 Å². The molecule has 0 saturated carbocycles. The number of nitrogens with zero attached hydrogens (tertiary/aromatic N) is 3. The van der Waals surface area contributed by atoms with E-state index in [2.05, 4.69) is 9.97 Å². The third-order valence-corrected chi connectivity index (χ3v) is 4.71. The molecule has 0 N–H and O–H groups in total. The normalized spacial score (nSPS) is 11.2. The SMILES string of the molecule is Cc1ccc2nc(COC(=O)c3cc(-c4ccco4)nc4ccccc34)cn2c1. The predicted molar refractivity (Wildman–Crippen MR) is 108 cm³/mol. The Morgan fingerprint density at radius 3 is 2.83 bits per heavy atom. The highest BCUT2D eigenvalue weighted by Crippen LogP contribution is 2.26. The number of aryl methyl sites for hydroxylation is 1. The highest BCUT2D eigenvalue weighted by Gasteiger charge is 2.17. The number of imidazole rings is 1. The molecule has 0 aliphatic heterocycles. The van der Waals surface area contributed by atoms with Crippen molar-refractivity contribution < 1.29 is 13.9 Å². The van der Waals surface area contributed by atoms with Gasteiger partial charge in [-0.15, -0.1) is 0 Å². The number of carbonyl (C=O) groups is 1. The lowest BCUT2D eigenvalue weighted by Crippen LogP contribution is -2.07. The van der Waals surface area contributed by atoms with Crippen LogP contribution < -0.4 is 0 Å². The van der Waals surface area contributed by atoms with Gasteiger partial charge in [0.1, 0.15) is 17.9 Å². The van der Waals surface area contributed by atoms with Crippen LogP contribution in [-0.4, -0.2) is 20.3 Å². The van der Waals surface area contributed by atoms with Crippen molar-refractivity contribution in [2.24, 2.45) is 0 Å². The van der Waals surface area contributed by atoms with Gasteiger partial charge < -0.3 is 13.6 Å². The van der Waals surface area contributed by atoms with Crippen molar-refractivity contribution >= 4 is 22.5 Å². The van der Waals surface area contributed by atoms with E-state index in [0.29, 0.717) is 28.2 Å². The van der Waals surface area contributed by atoms with Crippen LogP contribution in [-0.2, 0) is 11.3 Å². The zero-order valence-electron chi connectivity index (χ0n) is 15.7. The number of carbonyl (C=O) groups excluding carboxylic acids is 1. The van der Waals surface area contributed by atoms with E-state index >= 15 is 0 Å². The summed E-state index contributed by atoms with van der Waals surface area (Å²) < 4.78 is 13.0. The van der Waals surface area contributed by atoms with Gasteiger partial charge in [-0.05, 0) is 42.8 Å². The Morgan fingerprint density at radius 1 is 1.07 bits per heavy atom. The fourth-order valence-electron chi connectivity index (χ4n) is 3.34. The van der Waals surface area contributed by atoms with E-state index in [1.165, 1.54) is 0 Å². The van der Waals surface area contributed by atoms with Crippen molar-refractivity contribution in [2.75, 3.05) is 0 Å². The van der Waals surface area contributed by atoms with E-state index in [1.54, 1.807) is 18.4 Å². The first-order valence-corrected chi connectivity index (χ1v) is 9.22. The molecule has 0 aliphatic rings. The molecule has 4 aromatic heterocycles. The number of hydrogen-bond acceptors (Lipinski definition) is 5. The van der Waals surface area contributed by atoms with E-state index in [4.69, 9.17) is 9.15 Å². The maximum absolute atomic E-state index is 12.9. The van der Waals surface area contributed by atoms with Crippen LogP contribution in [0, 0.1) is 6.92 Å². The molecular weight excluding hydrogens is 366 g/mol. The average molecular weight is 383 g/mol. The van der Waals surface area contributed by atoms with Gasteiger partial charge in [-0.25, -0.2) is 14.8 Å². The van der Waals surface area contributed by atoms with E-state index in [-0.39, 0.29) is 6.61 Å². The summed E-state index contributed by atoms with van der Waals surface area (Å²) in [6.45, 7) is 2.11. The first-order valence-electron chi connectivity index (χ1n) is 9.22. The molecule has 0 fully saturated rings. The molecule has 0 amide bonds. The molecule has 0 bridgehead atoms. The monoisotopic (exact) mass is 383 g/mol. The zero-order valence-corrected chi connectivity index (χ0v) is 15.7. The number of aromatic nitrogens is 3. The number of rotatable bonds is 4. The van der Waals surface area contributed by atoms with Gasteiger partial charge in [0.05, 0.1) is 23.0 Å². The number of hydrogen-bond donors (Lipinski definition) is 0. The highest BCUT2D eigenvalue weighted by atomic mass is 16.5. The number of benzene rings is 1. The summed E-state index contributed by atoms with van der Waals surface area (Å²) >= 11 is 0. The summed E-state index contributed by atoms with van der Waals surface area (Å²) in [6.07, 6.45) is 5.43. The summed E-state index contributed by atoms with van der Waals surface area (Å²) in [5.74, 6) is 0.171. The number of para-hydroxylation sites is 1.